The first-order chi connectivity index (χ1) is 9.02. The molecule has 98 valence electrons. The molecule has 0 bridgehead atoms. The highest BCUT2D eigenvalue weighted by Crippen LogP contribution is 2.20. The van der Waals surface area contributed by atoms with Crippen molar-refractivity contribution in [2.24, 2.45) is 0 Å². The zero-order valence-electron chi connectivity index (χ0n) is 10.5. The quantitative estimate of drug-likeness (QED) is 0.836. The molecule has 2 rings (SSSR count). The van der Waals surface area contributed by atoms with Crippen LogP contribution >= 0.6 is 0 Å². The van der Waals surface area contributed by atoms with E-state index in [0.29, 0.717) is 17.0 Å². The Morgan fingerprint density at radius 2 is 2.16 bits per heavy atom. The summed E-state index contributed by atoms with van der Waals surface area (Å²) >= 11 is 0. The maximum atomic E-state index is 13.2. The summed E-state index contributed by atoms with van der Waals surface area (Å²) in [7, 11) is 1.25. The SMILES string of the molecule is COC(=O)c1cnc(-c2ccc(F)c(C)c2)nc1N. The number of rotatable bonds is 2. The molecule has 0 atom stereocenters. The number of anilines is 1. The number of esters is 1. The highest BCUT2D eigenvalue weighted by atomic mass is 19.1. The molecule has 0 saturated carbocycles. The maximum Gasteiger partial charge on any atom is 0.343 e. The fourth-order valence-electron chi connectivity index (χ4n) is 1.59. The van der Waals surface area contributed by atoms with Crippen LogP contribution in [0, 0.1) is 12.7 Å². The molecule has 0 fully saturated rings. The van der Waals surface area contributed by atoms with Gasteiger partial charge in [-0.2, -0.15) is 0 Å². The number of nitrogens with zero attached hydrogens (tertiary/aromatic N) is 2. The highest BCUT2D eigenvalue weighted by Gasteiger charge is 2.13. The van der Waals surface area contributed by atoms with Gasteiger partial charge in [-0.05, 0) is 30.7 Å². The number of methoxy groups -OCH3 is 1. The second-order valence-corrected chi connectivity index (χ2v) is 3.95. The Balaban J connectivity index is 2.44. The van der Waals surface area contributed by atoms with Gasteiger partial charge in [0, 0.05) is 11.8 Å². The number of hydrogen-bond donors (Lipinski definition) is 1. The van der Waals surface area contributed by atoms with E-state index in [1.165, 1.54) is 19.4 Å². The molecule has 6 heteroatoms. The molecule has 0 spiro atoms. The molecule has 0 amide bonds. The van der Waals surface area contributed by atoms with Gasteiger partial charge in [-0.1, -0.05) is 0 Å². The van der Waals surface area contributed by atoms with E-state index < -0.39 is 5.97 Å². The summed E-state index contributed by atoms with van der Waals surface area (Å²) in [6.07, 6.45) is 1.29. The molecular weight excluding hydrogens is 249 g/mol. The number of aromatic nitrogens is 2. The van der Waals surface area contributed by atoms with Gasteiger partial charge >= 0.3 is 5.97 Å². The monoisotopic (exact) mass is 261 g/mol. The molecule has 19 heavy (non-hydrogen) atoms. The van der Waals surface area contributed by atoms with Crippen LogP contribution in [0.15, 0.2) is 24.4 Å². The maximum absolute atomic E-state index is 13.2. The van der Waals surface area contributed by atoms with E-state index >= 15 is 0 Å². The van der Waals surface area contributed by atoms with Gasteiger partial charge in [-0.25, -0.2) is 19.2 Å². The van der Waals surface area contributed by atoms with Crippen LogP contribution in [0.4, 0.5) is 10.2 Å². The Bertz CT molecular complexity index is 644. The van der Waals surface area contributed by atoms with Crippen LogP contribution in [-0.2, 0) is 4.74 Å². The van der Waals surface area contributed by atoms with E-state index in [9.17, 15) is 9.18 Å². The molecule has 0 radical (unpaired) electrons. The lowest BCUT2D eigenvalue weighted by Gasteiger charge is -2.06. The molecule has 2 aromatic rings. The number of halogens is 1. The number of nitrogens with two attached hydrogens (primary N) is 1. The summed E-state index contributed by atoms with van der Waals surface area (Å²) in [6, 6.07) is 4.50. The van der Waals surface area contributed by atoms with Gasteiger partial charge in [0.1, 0.15) is 17.2 Å². The average molecular weight is 261 g/mol. The van der Waals surface area contributed by atoms with Gasteiger partial charge in [0.05, 0.1) is 7.11 Å². The van der Waals surface area contributed by atoms with Gasteiger partial charge in [-0.3, -0.25) is 0 Å². The standard InChI is InChI=1S/C13H12FN3O2/c1-7-5-8(3-4-10(7)14)12-16-6-9(11(15)17-12)13(18)19-2/h3-6H,1-2H3,(H2,15,16,17). The summed E-state index contributed by atoms with van der Waals surface area (Å²) in [5.74, 6) is -0.547. The third-order valence-corrected chi connectivity index (χ3v) is 2.64. The minimum Gasteiger partial charge on any atom is -0.465 e. The molecule has 0 aliphatic carbocycles. The van der Waals surface area contributed by atoms with Crippen molar-refractivity contribution in [2.45, 2.75) is 6.92 Å². The first kappa shape index (κ1) is 12.9. The second-order valence-electron chi connectivity index (χ2n) is 3.95. The second kappa shape index (κ2) is 5.01. The van der Waals surface area contributed by atoms with Crippen molar-refractivity contribution in [1.82, 2.24) is 9.97 Å². The topological polar surface area (TPSA) is 78.1 Å². The predicted octanol–water partition coefficient (Wildman–Crippen LogP) is 1.96. The molecule has 1 heterocycles. The van der Waals surface area contributed by atoms with Crippen molar-refractivity contribution in [3.63, 3.8) is 0 Å². The minimum atomic E-state index is -0.598. The Morgan fingerprint density at radius 3 is 2.74 bits per heavy atom. The third kappa shape index (κ3) is 2.52. The average Bonchev–Trinajstić information content (AvgIpc) is 2.41. The summed E-state index contributed by atoms with van der Waals surface area (Å²) < 4.78 is 17.7. The number of nitrogen functional groups attached to an aromatic ring is 1. The number of carbonyl (C=O) groups is 1. The third-order valence-electron chi connectivity index (χ3n) is 2.64. The summed E-state index contributed by atoms with van der Waals surface area (Å²) in [6.45, 7) is 1.64. The number of hydrogen-bond acceptors (Lipinski definition) is 5. The van der Waals surface area contributed by atoms with Gasteiger partial charge in [0.15, 0.2) is 5.82 Å². The van der Waals surface area contributed by atoms with Crippen LogP contribution in [0.3, 0.4) is 0 Å². The molecule has 2 N–H and O–H groups in total. The Labute approximate surface area is 109 Å². The predicted molar refractivity (Wildman–Crippen MR) is 67.9 cm³/mol. The number of benzene rings is 1. The van der Waals surface area contributed by atoms with Gasteiger partial charge in [0.2, 0.25) is 0 Å². The zero-order chi connectivity index (χ0) is 14.0. The van der Waals surface area contributed by atoms with Crippen molar-refractivity contribution >= 4 is 11.8 Å². The molecule has 0 saturated heterocycles. The first-order valence-corrected chi connectivity index (χ1v) is 5.50. The molecule has 0 unspecified atom stereocenters. The largest absolute Gasteiger partial charge is 0.465 e. The summed E-state index contributed by atoms with van der Waals surface area (Å²) in [5.41, 5.74) is 6.89. The fraction of sp³-hybridized carbons (Fsp3) is 0.154. The lowest BCUT2D eigenvalue weighted by atomic mass is 10.1. The fourth-order valence-corrected chi connectivity index (χ4v) is 1.59. The van der Waals surface area contributed by atoms with E-state index in [1.807, 2.05) is 0 Å². The summed E-state index contributed by atoms with van der Waals surface area (Å²) in [5, 5.41) is 0. The molecule has 0 aliphatic heterocycles. The van der Waals surface area contributed by atoms with Crippen molar-refractivity contribution in [3.05, 3.63) is 41.3 Å². The number of aryl methyl sites for hydroxylation is 1. The minimum absolute atomic E-state index is 0.0267. The van der Waals surface area contributed by atoms with Crippen LogP contribution in [0.25, 0.3) is 11.4 Å². The van der Waals surface area contributed by atoms with Crippen LogP contribution in [-0.4, -0.2) is 23.0 Å². The van der Waals surface area contributed by atoms with Gasteiger partial charge < -0.3 is 10.5 Å². The Kier molecular flexibility index (Phi) is 3.41. The van der Waals surface area contributed by atoms with E-state index in [2.05, 4.69) is 14.7 Å². The lowest BCUT2D eigenvalue weighted by Crippen LogP contribution is -2.09. The van der Waals surface area contributed by atoms with Crippen molar-refractivity contribution < 1.29 is 13.9 Å². The Hall–Kier alpha value is -2.50. The van der Waals surface area contributed by atoms with Gasteiger partial charge in [-0.15, -0.1) is 0 Å². The van der Waals surface area contributed by atoms with E-state index in [-0.39, 0.29) is 17.2 Å². The number of ether oxygens (including phenoxy) is 1. The van der Waals surface area contributed by atoms with Crippen LogP contribution < -0.4 is 5.73 Å². The van der Waals surface area contributed by atoms with Crippen LogP contribution in [0.5, 0.6) is 0 Å². The van der Waals surface area contributed by atoms with Crippen LogP contribution in [0.1, 0.15) is 15.9 Å². The van der Waals surface area contributed by atoms with E-state index in [0.717, 1.165) is 0 Å². The van der Waals surface area contributed by atoms with Crippen LogP contribution in [0.2, 0.25) is 0 Å². The van der Waals surface area contributed by atoms with E-state index in [1.54, 1.807) is 19.1 Å². The molecular formula is C13H12FN3O2. The van der Waals surface area contributed by atoms with Crippen molar-refractivity contribution in [3.8, 4) is 11.4 Å². The zero-order valence-corrected chi connectivity index (χ0v) is 10.5. The number of carbonyl (C=O) groups excluding carboxylic acids is 1. The molecule has 1 aromatic heterocycles. The molecule has 5 nitrogen and oxygen atoms in total. The lowest BCUT2D eigenvalue weighted by molar-refractivity contribution is 0.0601. The van der Waals surface area contributed by atoms with Crippen molar-refractivity contribution in [1.29, 1.82) is 0 Å². The summed E-state index contributed by atoms with van der Waals surface area (Å²) in [4.78, 5) is 19.4. The molecule has 1 aromatic carbocycles. The van der Waals surface area contributed by atoms with E-state index in [4.69, 9.17) is 5.73 Å². The first-order valence-electron chi connectivity index (χ1n) is 5.50. The highest BCUT2D eigenvalue weighted by molar-refractivity contribution is 5.93. The van der Waals surface area contributed by atoms with Crippen molar-refractivity contribution in [2.75, 3.05) is 12.8 Å². The normalized spacial score (nSPS) is 10.3. The van der Waals surface area contributed by atoms with Gasteiger partial charge in [0.25, 0.3) is 0 Å². The Morgan fingerprint density at radius 1 is 1.42 bits per heavy atom. The smallest absolute Gasteiger partial charge is 0.343 e. The molecule has 0 aliphatic rings.